The summed E-state index contributed by atoms with van der Waals surface area (Å²) in [6.45, 7) is 6.74. The monoisotopic (exact) mass is 200 g/mol. The molecule has 0 aliphatic heterocycles. The van der Waals surface area contributed by atoms with Crippen LogP contribution < -0.4 is 5.32 Å². The number of likely N-dealkylation sites (N-methyl/N-ethyl adjacent to an activating group) is 1. The normalized spacial score (nSPS) is 21.2. The van der Waals surface area contributed by atoms with Gasteiger partial charge in [-0.15, -0.1) is 0 Å². The van der Waals surface area contributed by atoms with Crippen LogP contribution in [0.25, 0.3) is 0 Å². The quantitative estimate of drug-likeness (QED) is 0.639. The maximum Gasteiger partial charge on any atom is 0.0610 e. The maximum atomic E-state index is 9.24. The molecular weight excluding hydrogens is 176 g/mol. The molecule has 0 radical (unpaired) electrons. The first-order chi connectivity index (χ1) is 6.65. The average Bonchev–Trinajstić information content (AvgIpc) is 3.02. The minimum absolute atomic E-state index is 0.109. The molecule has 2 N–H and O–H groups in total. The highest BCUT2D eigenvalue weighted by Gasteiger charge is 2.29. The van der Waals surface area contributed by atoms with E-state index in [0.717, 1.165) is 25.6 Å². The number of rotatable bonds is 7. The summed E-state index contributed by atoms with van der Waals surface area (Å²) in [5, 5.41) is 12.4. The van der Waals surface area contributed by atoms with Crippen LogP contribution >= 0.6 is 0 Å². The van der Waals surface area contributed by atoms with Gasteiger partial charge in [0.1, 0.15) is 0 Å². The van der Waals surface area contributed by atoms with Crippen molar-refractivity contribution in [2.45, 2.75) is 44.7 Å². The Balaban J connectivity index is 2.28. The second kappa shape index (κ2) is 5.10. The fourth-order valence-electron chi connectivity index (χ4n) is 1.71. The summed E-state index contributed by atoms with van der Waals surface area (Å²) < 4.78 is 0. The van der Waals surface area contributed by atoms with E-state index in [0.29, 0.717) is 0 Å². The van der Waals surface area contributed by atoms with Gasteiger partial charge in [0, 0.05) is 18.1 Å². The largest absolute Gasteiger partial charge is 0.394 e. The fourth-order valence-corrected chi connectivity index (χ4v) is 1.71. The molecule has 1 rings (SSSR count). The molecule has 1 aliphatic carbocycles. The average molecular weight is 200 g/mol. The van der Waals surface area contributed by atoms with Gasteiger partial charge >= 0.3 is 0 Å². The highest BCUT2D eigenvalue weighted by Crippen LogP contribution is 2.27. The minimum atomic E-state index is -0.109. The smallest absolute Gasteiger partial charge is 0.0610 e. The number of nitrogens with one attached hydrogen (secondary N) is 1. The van der Waals surface area contributed by atoms with Gasteiger partial charge in [-0.05, 0) is 39.8 Å². The van der Waals surface area contributed by atoms with Crippen LogP contribution in [0.2, 0.25) is 0 Å². The number of hydrogen-bond acceptors (Lipinski definition) is 3. The van der Waals surface area contributed by atoms with Crippen LogP contribution in [0.1, 0.15) is 33.1 Å². The van der Waals surface area contributed by atoms with Gasteiger partial charge in [0.25, 0.3) is 0 Å². The van der Waals surface area contributed by atoms with E-state index in [1.54, 1.807) is 0 Å². The van der Waals surface area contributed by atoms with E-state index in [1.807, 2.05) is 7.05 Å². The number of hydrogen-bond donors (Lipinski definition) is 2. The summed E-state index contributed by atoms with van der Waals surface area (Å²) in [4.78, 5) is 2.52. The first kappa shape index (κ1) is 12.0. The Kier molecular flexibility index (Phi) is 4.35. The molecule has 3 nitrogen and oxygen atoms in total. The van der Waals surface area contributed by atoms with Crippen LogP contribution in [-0.2, 0) is 0 Å². The van der Waals surface area contributed by atoms with Crippen molar-refractivity contribution >= 4 is 0 Å². The molecule has 0 aromatic rings. The molecule has 0 saturated heterocycles. The first-order valence-corrected chi connectivity index (χ1v) is 5.69. The third-order valence-corrected chi connectivity index (χ3v) is 3.37. The highest BCUT2D eigenvalue weighted by atomic mass is 16.3. The van der Waals surface area contributed by atoms with E-state index in [1.165, 1.54) is 12.8 Å². The molecule has 0 spiro atoms. The molecule has 1 unspecified atom stereocenters. The van der Waals surface area contributed by atoms with Crippen LogP contribution in [0.3, 0.4) is 0 Å². The SMILES string of the molecule is CCN(CCC(C)(CO)NC)C1CC1. The van der Waals surface area contributed by atoms with Gasteiger partial charge in [0.15, 0.2) is 0 Å². The van der Waals surface area contributed by atoms with Gasteiger partial charge < -0.3 is 15.3 Å². The lowest BCUT2D eigenvalue weighted by Gasteiger charge is -2.30. The summed E-state index contributed by atoms with van der Waals surface area (Å²) in [5.41, 5.74) is -0.109. The van der Waals surface area contributed by atoms with Crippen molar-refractivity contribution in [3.8, 4) is 0 Å². The van der Waals surface area contributed by atoms with Crippen LogP contribution in [0.15, 0.2) is 0 Å². The Morgan fingerprint density at radius 3 is 2.50 bits per heavy atom. The molecule has 3 heteroatoms. The van der Waals surface area contributed by atoms with Gasteiger partial charge in [0.05, 0.1) is 6.61 Å². The second-order valence-corrected chi connectivity index (χ2v) is 4.58. The van der Waals surface area contributed by atoms with Crippen molar-refractivity contribution in [2.24, 2.45) is 0 Å². The van der Waals surface area contributed by atoms with E-state index < -0.39 is 0 Å². The van der Waals surface area contributed by atoms with Crippen molar-refractivity contribution < 1.29 is 5.11 Å². The molecule has 0 aromatic carbocycles. The molecule has 0 bridgehead atoms. The topological polar surface area (TPSA) is 35.5 Å². The van der Waals surface area contributed by atoms with Crippen LogP contribution in [0.5, 0.6) is 0 Å². The maximum absolute atomic E-state index is 9.24. The van der Waals surface area contributed by atoms with Gasteiger partial charge in [-0.3, -0.25) is 0 Å². The number of aliphatic hydroxyl groups is 1. The Hall–Kier alpha value is -0.120. The van der Waals surface area contributed by atoms with Crippen LogP contribution in [-0.4, -0.2) is 48.3 Å². The number of nitrogens with zero attached hydrogens (tertiary/aromatic N) is 1. The molecule has 0 heterocycles. The predicted molar refractivity (Wildman–Crippen MR) is 59.4 cm³/mol. The lowest BCUT2D eigenvalue weighted by atomic mass is 9.99. The zero-order valence-electron chi connectivity index (χ0n) is 9.71. The summed E-state index contributed by atoms with van der Waals surface area (Å²) in [7, 11) is 1.92. The Morgan fingerprint density at radius 1 is 1.50 bits per heavy atom. The van der Waals surface area contributed by atoms with E-state index in [9.17, 15) is 5.11 Å². The summed E-state index contributed by atoms with van der Waals surface area (Å²) in [6, 6.07) is 0.833. The molecule has 84 valence electrons. The zero-order chi connectivity index (χ0) is 10.6. The van der Waals surface area contributed by atoms with Crippen LogP contribution in [0, 0.1) is 0 Å². The summed E-state index contributed by atoms with van der Waals surface area (Å²) in [5.74, 6) is 0. The van der Waals surface area contributed by atoms with E-state index in [2.05, 4.69) is 24.1 Å². The lowest BCUT2D eigenvalue weighted by Crippen LogP contribution is -2.46. The first-order valence-electron chi connectivity index (χ1n) is 5.69. The van der Waals surface area contributed by atoms with Gasteiger partial charge in [-0.2, -0.15) is 0 Å². The predicted octanol–water partition coefficient (Wildman–Crippen LogP) is 0.831. The van der Waals surface area contributed by atoms with Crippen LogP contribution in [0.4, 0.5) is 0 Å². The van der Waals surface area contributed by atoms with Crippen molar-refractivity contribution in [2.75, 3.05) is 26.7 Å². The molecule has 1 saturated carbocycles. The van der Waals surface area contributed by atoms with Gasteiger partial charge in [-0.25, -0.2) is 0 Å². The summed E-state index contributed by atoms with van der Waals surface area (Å²) in [6.07, 6.45) is 3.75. The Bertz CT molecular complexity index is 165. The van der Waals surface area contributed by atoms with Crippen molar-refractivity contribution in [1.82, 2.24) is 10.2 Å². The van der Waals surface area contributed by atoms with Crippen molar-refractivity contribution in [1.29, 1.82) is 0 Å². The third-order valence-electron chi connectivity index (χ3n) is 3.37. The summed E-state index contributed by atoms with van der Waals surface area (Å²) >= 11 is 0. The standard InChI is InChI=1S/C11H24N2O/c1-4-13(10-5-6-10)8-7-11(2,9-14)12-3/h10,12,14H,4-9H2,1-3H3. The molecule has 0 amide bonds. The molecule has 1 atom stereocenters. The van der Waals surface area contributed by atoms with Gasteiger partial charge in [0.2, 0.25) is 0 Å². The third kappa shape index (κ3) is 3.23. The molecule has 0 aromatic heterocycles. The molecule has 14 heavy (non-hydrogen) atoms. The van der Waals surface area contributed by atoms with Crippen molar-refractivity contribution in [3.05, 3.63) is 0 Å². The van der Waals surface area contributed by atoms with E-state index in [4.69, 9.17) is 0 Å². The van der Waals surface area contributed by atoms with Crippen molar-refractivity contribution in [3.63, 3.8) is 0 Å². The van der Waals surface area contributed by atoms with E-state index >= 15 is 0 Å². The Labute approximate surface area is 87.5 Å². The molecule has 1 fully saturated rings. The zero-order valence-corrected chi connectivity index (χ0v) is 9.71. The Morgan fingerprint density at radius 2 is 2.14 bits per heavy atom. The molecular formula is C11H24N2O. The fraction of sp³-hybridized carbons (Fsp3) is 1.00. The second-order valence-electron chi connectivity index (χ2n) is 4.58. The highest BCUT2D eigenvalue weighted by molar-refractivity contribution is 4.87. The number of aliphatic hydroxyl groups excluding tert-OH is 1. The molecule has 1 aliphatic rings. The van der Waals surface area contributed by atoms with E-state index in [-0.39, 0.29) is 12.1 Å². The van der Waals surface area contributed by atoms with Gasteiger partial charge in [-0.1, -0.05) is 6.92 Å². The minimum Gasteiger partial charge on any atom is -0.394 e. The lowest BCUT2D eigenvalue weighted by molar-refractivity contribution is 0.151.